The van der Waals surface area contributed by atoms with E-state index in [4.69, 9.17) is 23.4 Å². The Kier molecular flexibility index (Phi) is 8.58. The van der Waals surface area contributed by atoms with Gasteiger partial charge in [0.15, 0.2) is 11.9 Å². The van der Waals surface area contributed by atoms with E-state index >= 15 is 0 Å². The van der Waals surface area contributed by atoms with E-state index in [1.165, 1.54) is 17.3 Å². The fourth-order valence-corrected chi connectivity index (χ4v) is 11.1. The molecule has 2 aromatic rings. The van der Waals surface area contributed by atoms with Gasteiger partial charge >= 0.3 is 5.97 Å². The number of ether oxygens (including phenoxy) is 4. The van der Waals surface area contributed by atoms with Gasteiger partial charge in [-0.05, 0) is 35.0 Å². The van der Waals surface area contributed by atoms with Gasteiger partial charge in [0.2, 0.25) is 0 Å². The average Bonchev–Trinajstić information content (AvgIpc) is 3.17. The third-order valence-corrected chi connectivity index (χ3v) is 13.0. The highest BCUT2D eigenvalue weighted by Crippen LogP contribution is 2.43. The molecule has 0 saturated carbocycles. The summed E-state index contributed by atoms with van der Waals surface area (Å²) in [5.41, 5.74) is -0.375. The van der Waals surface area contributed by atoms with Crippen molar-refractivity contribution in [1.29, 1.82) is 0 Å². The van der Waals surface area contributed by atoms with E-state index in [1.807, 2.05) is 26.0 Å². The molecule has 2 aliphatic heterocycles. The first-order valence-corrected chi connectivity index (χ1v) is 16.0. The first kappa shape index (κ1) is 28.3. The molecular weight excluding hydrogens is 504 g/mol. The molecule has 2 aromatic carbocycles. The smallest absolute Gasteiger partial charge is 0.303 e. The Bertz CT molecular complexity index is 1000. The first-order chi connectivity index (χ1) is 17.5. The maximum atomic E-state index is 12.0. The predicted octanol–water partition coefficient (Wildman–Crippen LogP) is 4.49. The molecule has 0 aliphatic carbocycles. The monoisotopic (exact) mass is 544 g/mol. The summed E-state index contributed by atoms with van der Waals surface area (Å²) in [7, 11) is -2.77. The maximum Gasteiger partial charge on any atom is 0.303 e. The van der Waals surface area contributed by atoms with Gasteiger partial charge in [-0.1, -0.05) is 88.4 Å². The van der Waals surface area contributed by atoms with E-state index in [2.05, 4.69) is 76.2 Å². The number of hydrogen-bond acceptors (Lipinski definition) is 7. The van der Waals surface area contributed by atoms with Gasteiger partial charge in [-0.15, -0.1) is 11.8 Å². The molecule has 202 valence electrons. The number of thioether (sulfide) groups is 1. The highest BCUT2D eigenvalue weighted by atomic mass is 32.2. The normalized spacial score (nSPS) is 27.5. The molecule has 5 atom stereocenters. The lowest BCUT2D eigenvalue weighted by Crippen LogP contribution is -2.68. The predicted molar refractivity (Wildman–Crippen MR) is 150 cm³/mol. The Morgan fingerprint density at radius 3 is 2.00 bits per heavy atom. The van der Waals surface area contributed by atoms with Gasteiger partial charge in [-0.3, -0.25) is 4.79 Å². The average molecular weight is 545 g/mol. The second kappa shape index (κ2) is 11.2. The van der Waals surface area contributed by atoms with Gasteiger partial charge in [0.25, 0.3) is 8.32 Å². The van der Waals surface area contributed by atoms with Crippen molar-refractivity contribution in [1.82, 2.24) is 0 Å². The summed E-state index contributed by atoms with van der Waals surface area (Å²) in [6.45, 7) is 14.4. The third kappa shape index (κ3) is 5.84. The van der Waals surface area contributed by atoms with Crippen LogP contribution in [-0.4, -0.2) is 62.3 Å². The molecular formula is C29H40O6SSi. The van der Waals surface area contributed by atoms with Crippen molar-refractivity contribution in [3.8, 4) is 0 Å². The van der Waals surface area contributed by atoms with Gasteiger partial charge in [0.05, 0.1) is 6.61 Å². The summed E-state index contributed by atoms with van der Waals surface area (Å²) in [5.74, 6) is -0.366. The number of hydrogen-bond donors (Lipinski definition) is 0. The standard InChI is InChI=1S/C29H40O6SSi/c1-8-36-27-26(32-20(2)30)25-24(34-29(6,7)35-25)23(33-27)19-31-37(28(3,4)5,21-15-11-9-12-16-21)22-17-13-10-14-18-22/h9-18,23-27H,8,19H2,1-7H3/t23-,24+,25+,26-,27+/m1/s1. The zero-order valence-corrected chi connectivity index (χ0v) is 24.7. The van der Waals surface area contributed by atoms with Crippen LogP contribution in [0.4, 0.5) is 0 Å². The van der Waals surface area contributed by atoms with Crippen LogP contribution in [0.5, 0.6) is 0 Å². The molecule has 0 aromatic heterocycles. The fourth-order valence-electron chi connectivity index (χ4n) is 5.56. The zero-order valence-electron chi connectivity index (χ0n) is 22.9. The quantitative estimate of drug-likeness (QED) is 0.358. The second-order valence-corrected chi connectivity index (χ2v) is 16.8. The van der Waals surface area contributed by atoms with Crippen molar-refractivity contribution >= 4 is 36.4 Å². The van der Waals surface area contributed by atoms with Gasteiger partial charge in [0.1, 0.15) is 23.7 Å². The van der Waals surface area contributed by atoms with Crippen molar-refractivity contribution in [2.45, 2.75) is 89.1 Å². The van der Waals surface area contributed by atoms with Crippen LogP contribution >= 0.6 is 11.8 Å². The minimum absolute atomic E-state index is 0.159. The van der Waals surface area contributed by atoms with Crippen molar-refractivity contribution in [2.24, 2.45) is 0 Å². The highest BCUT2D eigenvalue weighted by molar-refractivity contribution is 7.99. The molecule has 2 heterocycles. The van der Waals surface area contributed by atoms with Gasteiger partial charge in [0, 0.05) is 6.92 Å². The molecule has 37 heavy (non-hydrogen) atoms. The fraction of sp³-hybridized carbons (Fsp3) is 0.552. The number of benzene rings is 2. The largest absolute Gasteiger partial charge is 0.456 e. The molecule has 8 heteroatoms. The minimum Gasteiger partial charge on any atom is -0.456 e. The number of rotatable bonds is 8. The number of carbonyl (C=O) groups excluding carboxylic acids is 1. The van der Waals surface area contributed by atoms with E-state index in [1.54, 1.807) is 11.8 Å². The zero-order chi connectivity index (χ0) is 26.8. The van der Waals surface area contributed by atoms with E-state index in [0.29, 0.717) is 6.61 Å². The lowest BCUT2D eigenvalue weighted by atomic mass is 10.0. The number of esters is 1. The summed E-state index contributed by atoms with van der Waals surface area (Å²) in [5, 5.41) is 2.26. The van der Waals surface area contributed by atoms with E-state index in [0.717, 1.165) is 5.75 Å². The molecule has 0 amide bonds. The van der Waals surface area contributed by atoms with Crippen molar-refractivity contribution in [3.05, 3.63) is 60.7 Å². The Morgan fingerprint density at radius 1 is 0.973 bits per heavy atom. The molecule has 6 nitrogen and oxygen atoms in total. The number of fused-ring (bicyclic) bond motifs is 1. The van der Waals surface area contributed by atoms with Crippen molar-refractivity contribution in [3.63, 3.8) is 0 Å². The Morgan fingerprint density at radius 2 is 1.51 bits per heavy atom. The highest BCUT2D eigenvalue weighted by Gasteiger charge is 2.58. The molecule has 0 N–H and O–H groups in total. The van der Waals surface area contributed by atoms with Crippen LogP contribution < -0.4 is 10.4 Å². The summed E-state index contributed by atoms with van der Waals surface area (Å²) < 4.78 is 32.2. The molecule has 0 bridgehead atoms. The minimum atomic E-state index is -2.77. The number of carbonyl (C=O) groups is 1. The Labute approximate surface area is 226 Å². The Balaban J connectivity index is 1.72. The van der Waals surface area contributed by atoms with Crippen LogP contribution in [0.3, 0.4) is 0 Å². The SMILES string of the molecule is CCS[C@@H]1O[C@H](CO[Si](c2ccccc2)(c2ccccc2)C(C)(C)C)[C@@H]2OC(C)(C)O[C@@H]2[C@H]1OC(C)=O. The van der Waals surface area contributed by atoms with Crippen LogP contribution in [-0.2, 0) is 28.2 Å². The van der Waals surface area contributed by atoms with Crippen LogP contribution in [0, 0.1) is 0 Å². The summed E-state index contributed by atoms with van der Waals surface area (Å²) in [6.07, 6.45) is -1.81. The molecule has 2 saturated heterocycles. The molecule has 0 radical (unpaired) electrons. The lowest BCUT2D eigenvalue weighted by Gasteiger charge is -2.46. The third-order valence-electron chi connectivity index (χ3n) is 6.94. The van der Waals surface area contributed by atoms with Crippen molar-refractivity contribution < 1.29 is 28.2 Å². The van der Waals surface area contributed by atoms with Gasteiger partial charge < -0.3 is 23.4 Å². The molecule has 0 spiro atoms. The summed E-state index contributed by atoms with van der Waals surface area (Å²) in [6, 6.07) is 21.1. The molecule has 2 aliphatic rings. The van der Waals surface area contributed by atoms with E-state index < -0.39 is 32.4 Å². The van der Waals surface area contributed by atoms with Crippen LogP contribution in [0.25, 0.3) is 0 Å². The molecule has 4 rings (SSSR count). The Hall–Kier alpha value is -1.68. The molecule has 0 unspecified atom stereocenters. The summed E-state index contributed by atoms with van der Waals surface area (Å²) in [4.78, 5) is 12.0. The first-order valence-electron chi connectivity index (χ1n) is 13.0. The lowest BCUT2D eigenvalue weighted by molar-refractivity contribution is -0.191. The van der Waals surface area contributed by atoms with Crippen molar-refractivity contribution in [2.75, 3.05) is 12.4 Å². The maximum absolute atomic E-state index is 12.0. The topological polar surface area (TPSA) is 63.2 Å². The van der Waals surface area contributed by atoms with Crippen LogP contribution in [0.2, 0.25) is 5.04 Å². The van der Waals surface area contributed by atoms with Gasteiger partial charge in [-0.25, -0.2) is 0 Å². The van der Waals surface area contributed by atoms with Gasteiger partial charge in [-0.2, -0.15) is 0 Å². The van der Waals surface area contributed by atoms with E-state index in [-0.39, 0.29) is 22.5 Å². The second-order valence-electron chi connectivity index (χ2n) is 11.1. The van der Waals surface area contributed by atoms with Crippen LogP contribution in [0.1, 0.15) is 48.5 Å². The molecule has 2 fully saturated rings. The van der Waals surface area contributed by atoms with Crippen LogP contribution in [0.15, 0.2) is 60.7 Å². The summed E-state index contributed by atoms with van der Waals surface area (Å²) >= 11 is 1.61. The van der Waals surface area contributed by atoms with E-state index in [9.17, 15) is 4.79 Å².